The molecule has 0 saturated carbocycles. The molecule has 0 amide bonds. The zero-order valence-corrected chi connectivity index (χ0v) is 9.70. The number of hydrogen-bond acceptors (Lipinski definition) is 4. The Balaban J connectivity index is 3.59. The SMILES string of the molecule is N#Cc1c(CN)ccc(S(=O)(=O)Cl)c1Cl. The molecule has 0 radical (unpaired) electrons. The molecule has 0 unspecified atom stereocenters. The first-order valence-corrected chi connectivity index (χ1v) is 6.46. The Morgan fingerprint density at radius 3 is 2.47 bits per heavy atom. The number of hydrogen-bond donors (Lipinski definition) is 1. The summed E-state index contributed by atoms with van der Waals surface area (Å²) in [6.45, 7) is 0.102. The van der Waals surface area contributed by atoms with Crippen molar-refractivity contribution in [1.29, 1.82) is 5.26 Å². The molecule has 0 bridgehead atoms. The molecule has 15 heavy (non-hydrogen) atoms. The van der Waals surface area contributed by atoms with Crippen LogP contribution in [0.25, 0.3) is 0 Å². The summed E-state index contributed by atoms with van der Waals surface area (Å²) in [5.41, 5.74) is 5.88. The molecule has 0 aliphatic heterocycles. The van der Waals surface area contributed by atoms with E-state index in [9.17, 15) is 8.42 Å². The summed E-state index contributed by atoms with van der Waals surface area (Å²) in [6.07, 6.45) is 0. The number of nitrogens with zero attached hydrogens (tertiary/aromatic N) is 1. The number of nitriles is 1. The van der Waals surface area contributed by atoms with Gasteiger partial charge in [0.15, 0.2) is 0 Å². The standard InChI is InChI=1S/C8H6Cl2N2O2S/c9-8-6(4-12)5(3-11)1-2-7(8)15(10,13)14/h1-2H,3,11H2. The number of benzene rings is 1. The maximum Gasteiger partial charge on any atom is 0.262 e. The van der Waals surface area contributed by atoms with E-state index in [0.717, 1.165) is 0 Å². The molecule has 0 aliphatic carbocycles. The Labute approximate surface area is 96.6 Å². The highest BCUT2D eigenvalue weighted by Crippen LogP contribution is 2.29. The molecule has 7 heteroatoms. The summed E-state index contributed by atoms with van der Waals surface area (Å²) >= 11 is 5.74. The van der Waals surface area contributed by atoms with Crippen molar-refractivity contribution in [2.24, 2.45) is 5.73 Å². The van der Waals surface area contributed by atoms with Gasteiger partial charge in [0.25, 0.3) is 9.05 Å². The van der Waals surface area contributed by atoms with Crippen molar-refractivity contribution in [2.75, 3.05) is 0 Å². The van der Waals surface area contributed by atoms with Crippen LogP contribution in [0.1, 0.15) is 11.1 Å². The van der Waals surface area contributed by atoms with Crippen molar-refractivity contribution in [3.05, 3.63) is 28.3 Å². The maximum atomic E-state index is 11.1. The van der Waals surface area contributed by atoms with Gasteiger partial charge in [-0.1, -0.05) is 17.7 Å². The third-order valence-corrected chi connectivity index (χ3v) is 3.66. The fraction of sp³-hybridized carbons (Fsp3) is 0.125. The van der Waals surface area contributed by atoms with Gasteiger partial charge in [-0.05, 0) is 11.6 Å². The third-order valence-electron chi connectivity index (χ3n) is 1.79. The van der Waals surface area contributed by atoms with Crippen molar-refractivity contribution in [2.45, 2.75) is 11.4 Å². The largest absolute Gasteiger partial charge is 0.326 e. The second kappa shape index (κ2) is 4.37. The van der Waals surface area contributed by atoms with E-state index in [1.165, 1.54) is 12.1 Å². The van der Waals surface area contributed by atoms with Crippen LogP contribution in [0.15, 0.2) is 17.0 Å². The molecular weight excluding hydrogens is 259 g/mol. The lowest BCUT2D eigenvalue weighted by molar-refractivity contribution is 0.609. The van der Waals surface area contributed by atoms with Gasteiger partial charge in [0.2, 0.25) is 0 Å². The molecule has 0 spiro atoms. The first kappa shape index (κ1) is 12.3. The van der Waals surface area contributed by atoms with E-state index in [1.807, 2.05) is 0 Å². The molecule has 80 valence electrons. The van der Waals surface area contributed by atoms with E-state index in [-0.39, 0.29) is 22.0 Å². The van der Waals surface area contributed by atoms with Crippen LogP contribution in [0.5, 0.6) is 0 Å². The van der Waals surface area contributed by atoms with Gasteiger partial charge in [0.1, 0.15) is 11.0 Å². The highest BCUT2D eigenvalue weighted by molar-refractivity contribution is 8.13. The molecule has 1 aromatic rings. The lowest BCUT2D eigenvalue weighted by Gasteiger charge is -2.05. The third kappa shape index (κ3) is 2.41. The van der Waals surface area contributed by atoms with Gasteiger partial charge in [-0.25, -0.2) is 8.42 Å². The second-order valence-electron chi connectivity index (χ2n) is 2.67. The number of nitrogens with two attached hydrogens (primary N) is 1. The molecule has 1 aromatic carbocycles. The Kier molecular flexibility index (Phi) is 3.58. The Morgan fingerprint density at radius 1 is 1.47 bits per heavy atom. The molecule has 2 N–H and O–H groups in total. The molecular formula is C8H6Cl2N2O2S. The summed E-state index contributed by atoms with van der Waals surface area (Å²) in [5, 5.41) is 8.61. The molecule has 0 heterocycles. The zero-order valence-electron chi connectivity index (χ0n) is 7.37. The van der Waals surface area contributed by atoms with Crippen LogP contribution in [0.4, 0.5) is 0 Å². The summed E-state index contributed by atoms with van der Waals surface area (Å²) in [7, 11) is 1.19. The normalized spacial score (nSPS) is 11.1. The average molecular weight is 265 g/mol. The van der Waals surface area contributed by atoms with E-state index in [4.69, 9.17) is 33.3 Å². The lowest BCUT2D eigenvalue weighted by Crippen LogP contribution is -2.03. The molecule has 4 nitrogen and oxygen atoms in total. The van der Waals surface area contributed by atoms with Gasteiger partial charge in [0.05, 0.1) is 10.6 Å². The van der Waals surface area contributed by atoms with Gasteiger partial charge in [-0.3, -0.25) is 0 Å². The Hall–Kier alpha value is -0.800. The molecule has 0 saturated heterocycles. The van der Waals surface area contributed by atoms with Crippen molar-refractivity contribution < 1.29 is 8.42 Å². The Morgan fingerprint density at radius 2 is 2.07 bits per heavy atom. The van der Waals surface area contributed by atoms with Crippen LogP contribution >= 0.6 is 22.3 Å². The summed E-state index contributed by atoms with van der Waals surface area (Å²) in [6, 6.07) is 4.44. The molecule has 1 rings (SSSR count). The molecule has 0 aromatic heterocycles. The van der Waals surface area contributed by atoms with Crippen LogP contribution in [-0.2, 0) is 15.6 Å². The predicted molar refractivity (Wildman–Crippen MR) is 57.1 cm³/mol. The van der Waals surface area contributed by atoms with E-state index in [0.29, 0.717) is 5.56 Å². The Bertz CT molecular complexity index is 534. The van der Waals surface area contributed by atoms with Crippen molar-refractivity contribution in [3.8, 4) is 6.07 Å². The fourth-order valence-electron chi connectivity index (χ4n) is 1.08. The van der Waals surface area contributed by atoms with Gasteiger partial charge in [-0.2, -0.15) is 5.26 Å². The number of halogens is 2. The zero-order chi connectivity index (χ0) is 11.6. The summed E-state index contributed by atoms with van der Waals surface area (Å²) in [5.74, 6) is 0. The van der Waals surface area contributed by atoms with Crippen LogP contribution in [0.3, 0.4) is 0 Å². The minimum absolute atomic E-state index is 0.0425. The first-order chi connectivity index (χ1) is 6.91. The average Bonchev–Trinajstić information content (AvgIpc) is 2.15. The van der Waals surface area contributed by atoms with E-state index in [2.05, 4.69) is 0 Å². The quantitative estimate of drug-likeness (QED) is 0.823. The van der Waals surface area contributed by atoms with Crippen LogP contribution in [-0.4, -0.2) is 8.42 Å². The lowest BCUT2D eigenvalue weighted by atomic mass is 10.1. The molecule has 0 fully saturated rings. The van der Waals surface area contributed by atoms with E-state index in [1.54, 1.807) is 6.07 Å². The minimum atomic E-state index is -3.94. The van der Waals surface area contributed by atoms with Gasteiger partial charge in [-0.15, -0.1) is 0 Å². The summed E-state index contributed by atoms with van der Waals surface area (Å²) in [4.78, 5) is -0.278. The maximum absolute atomic E-state index is 11.1. The van der Waals surface area contributed by atoms with Crippen LogP contribution < -0.4 is 5.73 Å². The highest BCUT2D eigenvalue weighted by atomic mass is 35.7. The van der Waals surface area contributed by atoms with Crippen LogP contribution in [0.2, 0.25) is 5.02 Å². The fourth-order valence-corrected chi connectivity index (χ4v) is 2.66. The van der Waals surface area contributed by atoms with Crippen molar-refractivity contribution in [1.82, 2.24) is 0 Å². The molecule has 0 aliphatic rings. The van der Waals surface area contributed by atoms with Gasteiger partial charge in [0, 0.05) is 17.2 Å². The summed E-state index contributed by atoms with van der Waals surface area (Å²) < 4.78 is 22.1. The highest BCUT2D eigenvalue weighted by Gasteiger charge is 2.19. The van der Waals surface area contributed by atoms with Gasteiger partial charge < -0.3 is 5.73 Å². The van der Waals surface area contributed by atoms with Crippen molar-refractivity contribution >= 4 is 31.3 Å². The van der Waals surface area contributed by atoms with Crippen LogP contribution in [0, 0.1) is 11.3 Å². The van der Waals surface area contributed by atoms with E-state index >= 15 is 0 Å². The number of rotatable bonds is 2. The smallest absolute Gasteiger partial charge is 0.262 e. The predicted octanol–water partition coefficient (Wildman–Crippen LogP) is 1.60. The molecule has 0 atom stereocenters. The van der Waals surface area contributed by atoms with E-state index < -0.39 is 9.05 Å². The van der Waals surface area contributed by atoms with Gasteiger partial charge >= 0.3 is 0 Å². The minimum Gasteiger partial charge on any atom is -0.326 e. The van der Waals surface area contributed by atoms with Crippen molar-refractivity contribution in [3.63, 3.8) is 0 Å². The monoisotopic (exact) mass is 264 g/mol. The topological polar surface area (TPSA) is 83.9 Å². The second-order valence-corrected chi connectivity index (χ2v) is 5.58. The first-order valence-electron chi connectivity index (χ1n) is 3.78.